The summed E-state index contributed by atoms with van der Waals surface area (Å²) in [5, 5.41) is 1.15. The highest BCUT2D eigenvalue weighted by Crippen LogP contribution is 2.35. The van der Waals surface area contributed by atoms with Gasteiger partial charge in [-0.2, -0.15) is 0 Å². The summed E-state index contributed by atoms with van der Waals surface area (Å²) >= 11 is 0. The molecule has 0 aliphatic carbocycles. The van der Waals surface area contributed by atoms with E-state index in [-0.39, 0.29) is 0 Å². The molecule has 0 N–H and O–H groups in total. The summed E-state index contributed by atoms with van der Waals surface area (Å²) in [6.45, 7) is 4.82. The van der Waals surface area contributed by atoms with Crippen LogP contribution in [0.1, 0.15) is 11.1 Å². The summed E-state index contributed by atoms with van der Waals surface area (Å²) in [5.41, 5.74) is 8.96. The first-order valence-corrected chi connectivity index (χ1v) is 12.8. The molecular formula is C33H28N3O. The minimum atomic E-state index is 0.596. The van der Waals surface area contributed by atoms with Crippen LogP contribution in [0.2, 0.25) is 0 Å². The van der Waals surface area contributed by atoms with Crippen LogP contribution in [-0.4, -0.2) is 42.3 Å². The number of piperazine rings is 1. The Bertz CT molecular complexity index is 1540. The zero-order chi connectivity index (χ0) is 25.0. The van der Waals surface area contributed by atoms with Crippen molar-refractivity contribution in [3.05, 3.63) is 120 Å². The Kier molecular flexibility index (Phi) is 6.49. The topological polar surface area (TPSA) is 36.4 Å². The van der Waals surface area contributed by atoms with Crippen molar-refractivity contribution < 1.29 is 4.79 Å². The predicted molar refractivity (Wildman–Crippen MR) is 151 cm³/mol. The number of hydrogen-bond donors (Lipinski definition) is 0. The molecule has 0 bridgehead atoms. The first-order valence-electron chi connectivity index (χ1n) is 12.8. The fraction of sp³-hybridized carbons (Fsp3) is 0.152. The van der Waals surface area contributed by atoms with Gasteiger partial charge in [0.15, 0.2) is 0 Å². The molecule has 1 aliphatic heterocycles. The van der Waals surface area contributed by atoms with E-state index >= 15 is 0 Å². The average molecular weight is 483 g/mol. The fourth-order valence-corrected chi connectivity index (χ4v) is 5.25. The summed E-state index contributed by atoms with van der Waals surface area (Å²) in [6, 6.07) is 35.6. The van der Waals surface area contributed by atoms with E-state index in [0.717, 1.165) is 54.9 Å². The second-order valence-electron chi connectivity index (χ2n) is 9.53. The number of para-hydroxylation sites is 1. The molecule has 1 saturated heterocycles. The van der Waals surface area contributed by atoms with Gasteiger partial charge in [-0.15, -0.1) is 0 Å². The van der Waals surface area contributed by atoms with Crippen molar-refractivity contribution in [2.75, 3.05) is 31.1 Å². The van der Waals surface area contributed by atoms with Crippen molar-refractivity contribution in [1.82, 2.24) is 9.88 Å². The maximum Gasteiger partial charge on any atom is 0.233 e. The van der Waals surface area contributed by atoms with Gasteiger partial charge in [0, 0.05) is 61.1 Å². The largest absolute Gasteiger partial charge is 0.369 e. The van der Waals surface area contributed by atoms with E-state index in [1.165, 1.54) is 22.3 Å². The minimum Gasteiger partial charge on any atom is -0.369 e. The number of anilines is 1. The fourth-order valence-electron chi connectivity index (χ4n) is 5.25. The van der Waals surface area contributed by atoms with E-state index in [1.54, 1.807) is 0 Å². The molecule has 0 spiro atoms. The summed E-state index contributed by atoms with van der Waals surface area (Å²) in [7, 11) is 0. The van der Waals surface area contributed by atoms with E-state index in [9.17, 15) is 4.79 Å². The SMILES string of the molecule is O=[C]c1ccc(N2CCN(Cc3ccccc3-c3ccccc3-c3cnc4ccccc4c3)CC2)cc1. The Morgan fingerprint density at radius 2 is 1.38 bits per heavy atom. The van der Waals surface area contributed by atoms with Crippen molar-refractivity contribution in [3.63, 3.8) is 0 Å². The zero-order valence-electron chi connectivity index (χ0n) is 20.7. The molecule has 4 aromatic carbocycles. The number of fused-ring (bicyclic) bond motifs is 1. The standard InChI is InChI=1S/C33H28N3O/c37-24-25-13-15-29(16-14-25)36-19-17-35(18-20-36)23-27-8-1-3-9-30(27)32-11-5-4-10-31(32)28-21-26-7-2-6-12-33(26)34-22-28/h1-16,21-22H,17-20,23H2. The highest BCUT2D eigenvalue weighted by Gasteiger charge is 2.19. The first-order chi connectivity index (χ1) is 18.3. The Hall–Kier alpha value is -4.28. The lowest BCUT2D eigenvalue weighted by molar-refractivity contribution is 0.250. The van der Waals surface area contributed by atoms with E-state index < -0.39 is 0 Å². The van der Waals surface area contributed by atoms with Gasteiger partial charge in [0.05, 0.1) is 5.52 Å². The van der Waals surface area contributed by atoms with Gasteiger partial charge < -0.3 is 4.90 Å². The first kappa shape index (κ1) is 23.1. The van der Waals surface area contributed by atoms with Crippen molar-refractivity contribution in [3.8, 4) is 22.3 Å². The molecular weight excluding hydrogens is 454 g/mol. The van der Waals surface area contributed by atoms with Crippen LogP contribution >= 0.6 is 0 Å². The maximum absolute atomic E-state index is 10.8. The van der Waals surface area contributed by atoms with Gasteiger partial charge in [-0.1, -0.05) is 66.7 Å². The van der Waals surface area contributed by atoms with E-state index in [2.05, 4.69) is 82.6 Å². The number of rotatable bonds is 6. The van der Waals surface area contributed by atoms with Crippen LogP contribution < -0.4 is 4.90 Å². The maximum atomic E-state index is 10.8. The molecule has 0 amide bonds. The van der Waals surface area contributed by atoms with Crippen LogP contribution in [0.3, 0.4) is 0 Å². The third-order valence-electron chi connectivity index (χ3n) is 7.25. The molecule has 2 heterocycles. The minimum absolute atomic E-state index is 0.596. The van der Waals surface area contributed by atoms with Crippen LogP contribution in [0, 0.1) is 0 Å². The predicted octanol–water partition coefficient (Wildman–Crippen LogP) is 6.35. The van der Waals surface area contributed by atoms with Crippen LogP contribution in [0.25, 0.3) is 33.2 Å². The molecule has 181 valence electrons. The normalized spacial score (nSPS) is 14.1. The number of nitrogens with zero attached hydrogens (tertiary/aromatic N) is 3. The number of carbonyl (C=O) groups excluding carboxylic acids is 1. The van der Waals surface area contributed by atoms with Crippen molar-refractivity contribution in [2.24, 2.45) is 0 Å². The average Bonchev–Trinajstić information content (AvgIpc) is 2.98. The molecule has 1 fully saturated rings. The van der Waals surface area contributed by atoms with Gasteiger partial charge in [-0.3, -0.25) is 14.7 Å². The van der Waals surface area contributed by atoms with Crippen molar-refractivity contribution in [2.45, 2.75) is 6.54 Å². The van der Waals surface area contributed by atoms with E-state index in [4.69, 9.17) is 4.98 Å². The van der Waals surface area contributed by atoms with Gasteiger partial charge in [0.2, 0.25) is 6.29 Å². The Morgan fingerprint density at radius 3 is 2.16 bits per heavy atom. The van der Waals surface area contributed by atoms with Gasteiger partial charge in [0.25, 0.3) is 0 Å². The molecule has 5 aromatic rings. The van der Waals surface area contributed by atoms with Crippen LogP contribution in [0.4, 0.5) is 5.69 Å². The van der Waals surface area contributed by atoms with Gasteiger partial charge >= 0.3 is 0 Å². The molecule has 0 saturated carbocycles. The summed E-state index contributed by atoms with van der Waals surface area (Å²) in [5.74, 6) is 0. The second kappa shape index (κ2) is 10.4. The molecule has 37 heavy (non-hydrogen) atoms. The number of aromatic nitrogens is 1. The smallest absolute Gasteiger partial charge is 0.233 e. The monoisotopic (exact) mass is 482 g/mol. The number of benzene rings is 4. The highest BCUT2D eigenvalue weighted by atomic mass is 16.1. The van der Waals surface area contributed by atoms with E-state index in [0.29, 0.717) is 5.56 Å². The lowest BCUT2D eigenvalue weighted by Crippen LogP contribution is -2.46. The number of pyridine rings is 1. The zero-order valence-corrected chi connectivity index (χ0v) is 20.7. The summed E-state index contributed by atoms with van der Waals surface area (Å²) in [4.78, 5) is 20.5. The molecule has 6 rings (SSSR count). The molecule has 0 atom stereocenters. The molecule has 4 heteroatoms. The second-order valence-corrected chi connectivity index (χ2v) is 9.53. The molecule has 4 nitrogen and oxygen atoms in total. The van der Waals surface area contributed by atoms with Crippen LogP contribution in [0.5, 0.6) is 0 Å². The van der Waals surface area contributed by atoms with Gasteiger partial charge in [-0.25, -0.2) is 0 Å². The lowest BCUT2D eigenvalue weighted by atomic mass is 9.91. The highest BCUT2D eigenvalue weighted by molar-refractivity contribution is 5.89. The Balaban J connectivity index is 1.24. The van der Waals surface area contributed by atoms with Crippen LogP contribution in [0.15, 0.2) is 109 Å². The van der Waals surface area contributed by atoms with E-state index in [1.807, 2.05) is 42.8 Å². The molecule has 1 radical (unpaired) electrons. The van der Waals surface area contributed by atoms with Gasteiger partial charge in [0.1, 0.15) is 0 Å². The molecule has 1 aliphatic rings. The Morgan fingerprint density at radius 1 is 0.703 bits per heavy atom. The number of hydrogen-bond acceptors (Lipinski definition) is 4. The summed E-state index contributed by atoms with van der Waals surface area (Å²) < 4.78 is 0. The molecule has 1 aromatic heterocycles. The lowest BCUT2D eigenvalue weighted by Gasteiger charge is -2.36. The van der Waals surface area contributed by atoms with Gasteiger partial charge in [-0.05, 0) is 58.7 Å². The van der Waals surface area contributed by atoms with Crippen molar-refractivity contribution in [1.29, 1.82) is 0 Å². The summed E-state index contributed by atoms with van der Waals surface area (Å²) in [6.07, 6.45) is 3.94. The van der Waals surface area contributed by atoms with Crippen molar-refractivity contribution >= 4 is 22.9 Å². The third-order valence-corrected chi connectivity index (χ3v) is 7.25. The Labute approximate surface area is 217 Å². The molecule has 0 unspecified atom stereocenters. The quantitative estimate of drug-likeness (QED) is 0.283. The van der Waals surface area contributed by atoms with Crippen LogP contribution in [-0.2, 0) is 11.3 Å². The third kappa shape index (κ3) is 4.89.